The summed E-state index contributed by atoms with van der Waals surface area (Å²) in [5.74, 6) is 0. The average molecular weight is 225 g/mol. The molecule has 0 saturated heterocycles. The van der Waals surface area contributed by atoms with E-state index in [0.29, 0.717) is 15.4 Å². The molecule has 2 heteroatoms. The molecular weight excluding hydrogens is 214 g/mol. The molecule has 0 aliphatic carbocycles. The number of halogens is 1. The van der Waals surface area contributed by atoms with Gasteiger partial charge in [0.15, 0.2) is 0 Å². The van der Waals surface area contributed by atoms with E-state index >= 15 is 0 Å². The van der Waals surface area contributed by atoms with Gasteiger partial charge in [-0.3, -0.25) is 4.98 Å². The van der Waals surface area contributed by atoms with E-state index in [1.54, 1.807) is 24.5 Å². The summed E-state index contributed by atoms with van der Waals surface area (Å²) >= 11 is 3.33. The number of hydrogen-bond donors (Lipinski definition) is 0. The van der Waals surface area contributed by atoms with E-state index in [4.69, 9.17) is 4.11 Å². The Kier molecular flexibility index (Phi) is 1.19. The molecule has 2 rings (SSSR count). The fourth-order valence-electron chi connectivity index (χ4n) is 1.19. The molecule has 1 nitrogen and oxygen atoms in total. The van der Waals surface area contributed by atoms with Crippen molar-refractivity contribution in [2.45, 2.75) is 6.85 Å². The highest BCUT2D eigenvalue weighted by Gasteiger charge is 1.99. The van der Waals surface area contributed by atoms with Crippen molar-refractivity contribution in [1.82, 2.24) is 4.98 Å². The molecule has 0 N–H and O–H groups in total. The van der Waals surface area contributed by atoms with Crippen LogP contribution in [0.2, 0.25) is 0 Å². The number of hydrogen-bond acceptors (Lipinski definition) is 1. The Morgan fingerprint density at radius 3 is 3.17 bits per heavy atom. The van der Waals surface area contributed by atoms with Gasteiger partial charge in [-0.05, 0) is 28.3 Å². The van der Waals surface area contributed by atoms with Crippen molar-refractivity contribution in [1.29, 1.82) is 0 Å². The zero-order valence-corrected chi connectivity index (χ0v) is 7.80. The molecule has 0 saturated carbocycles. The van der Waals surface area contributed by atoms with Gasteiger partial charge in [-0.1, -0.05) is 18.2 Å². The summed E-state index contributed by atoms with van der Waals surface area (Å²) in [5.41, 5.74) is 0.356. The quantitative estimate of drug-likeness (QED) is 0.670. The lowest BCUT2D eigenvalue weighted by atomic mass is 10.1. The maximum Gasteiger partial charge on any atom is 0.0439 e. The SMILES string of the molecule is [2H]C([2H])([2H])c1cccc2cncc(Br)c12. The Bertz CT molecular complexity index is 502. The maximum atomic E-state index is 7.44. The molecule has 0 amide bonds. The van der Waals surface area contributed by atoms with Gasteiger partial charge in [0.1, 0.15) is 0 Å². The predicted molar refractivity (Wildman–Crippen MR) is 54.2 cm³/mol. The van der Waals surface area contributed by atoms with E-state index < -0.39 is 6.85 Å². The van der Waals surface area contributed by atoms with Crippen molar-refractivity contribution in [3.05, 3.63) is 40.6 Å². The maximum absolute atomic E-state index is 7.44. The molecule has 0 aliphatic rings. The van der Waals surface area contributed by atoms with Crippen LogP contribution in [-0.4, -0.2) is 4.98 Å². The topological polar surface area (TPSA) is 12.9 Å². The van der Waals surface area contributed by atoms with Gasteiger partial charge in [0.25, 0.3) is 0 Å². The van der Waals surface area contributed by atoms with E-state index in [-0.39, 0.29) is 0 Å². The van der Waals surface area contributed by atoms with Crippen LogP contribution in [0.3, 0.4) is 0 Å². The minimum Gasteiger partial charge on any atom is -0.263 e. The van der Waals surface area contributed by atoms with Crippen molar-refractivity contribution in [3.63, 3.8) is 0 Å². The summed E-state index contributed by atoms with van der Waals surface area (Å²) in [6.45, 7) is -2.09. The lowest BCUT2D eigenvalue weighted by Gasteiger charge is -2.02. The summed E-state index contributed by atoms with van der Waals surface area (Å²) in [6.07, 6.45) is 3.27. The van der Waals surface area contributed by atoms with Crippen molar-refractivity contribution in [2.24, 2.45) is 0 Å². The Balaban J connectivity index is 2.86. The monoisotopic (exact) mass is 224 g/mol. The first kappa shape index (κ1) is 4.97. The third-order valence-corrected chi connectivity index (χ3v) is 2.34. The molecule has 12 heavy (non-hydrogen) atoms. The Morgan fingerprint density at radius 1 is 1.42 bits per heavy atom. The molecule has 0 aliphatic heterocycles. The summed E-state index contributed by atoms with van der Waals surface area (Å²) in [4.78, 5) is 4.01. The van der Waals surface area contributed by atoms with Crippen molar-refractivity contribution in [3.8, 4) is 0 Å². The second-order valence-corrected chi connectivity index (χ2v) is 3.38. The molecule has 0 atom stereocenters. The van der Waals surface area contributed by atoms with E-state index in [2.05, 4.69) is 20.9 Å². The van der Waals surface area contributed by atoms with Gasteiger partial charge in [0, 0.05) is 31.8 Å². The lowest BCUT2D eigenvalue weighted by Crippen LogP contribution is -1.81. The molecule has 0 bridgehead atoms. The second-order valence-electron chi connectivity index (χ2n) is 2.53. The van der Waals surface area contributed by atoms with Crippen LogP contribution < -0.4 is 0 Å². The van der Waals surface area contributed by atoms with E-state index in [0.717, 1.165) is 5.39 Å². The van der Waals surface area contributed by atoms with Crippen molar-refractivity contribution in [2.75, 3.05) is 0 Å². The van der Waals surface area contributed by atoms with Gasteiger partial charge >= 0.3 is 0 Å². The van der Waals surface area contributed by atoms with Gasteiger partial charge in [0.2, 0.25) is 0 Å². The van der Waals surface area contributed by atoms with Gasteiger partial charge in [-0.2, -0.15) is 0 Å². The third-order valence-electron chi connectivity index (χ3n) is 1.74. The standard InChI is InChI=1S/C10H8BrN/c1-7-3-2-4-8-5-12-6-9(11)10(7)8/h2-6H,1H3/i1D3. The average Bonchev–Trinajstić information content (AvgIpc) is 2.16. The smallest absolute Gasteiger partial charge is 0.0439 e. The largest absolute Gasteiger partial charge is 0.263 e. The molecule has 0 spiro atoms. The summed E-state index contributed by atoms with van der Waals surface area (Å²) in [5, 5.41) is 1.55. The highest BCUT2D eigenvalue weighted by atomic mass is 79.9. The Morgan fingerprint density at radius 2 is 2.33 bits per heavy atom. The number of pyridine rings is 1. The van der Waals surface area contributed by atoms with Crippen LogP contribution in [0.5, 0.6) is 0 Å². The van der Waals surface area contributed by atoms with E-state index in [1.165, 1.54) is 0 Å². The molecular formula is C10H8BrN. The van der Waals surface area contributed by atoms with Gasteiger partial charge in [0.05, 0.1) is 0 Å². The van der Waals surface area contributed by atoms with E-state index in [1.807, 2.05) is 6.07 Å². The predicted octanol–water partition coefficient (Wildman–Crippen LogP) is 3.31. The van der Waals surface area contributed by atoms with Crippen LogP contribution in [0.1, 0.15) is 9.68 Å². The molecule has 1 heterocycles. The van der Waals surface area contributed by atoms with E-state index in [9.17, 15) is 0 Å². The van der Waals surface area contributed by atoms with Gasteiger partial charge < -0.3 is 0 Å². The highest BCUT2D eigenvalue weighted by molar-refractivity contribution is 9.10. The first-order chi connectivity index (χ1) is 7.00. The summed E-state index contributed by atoms with van der Waals surface area (Å²) < 4.78 is 23.0. The minimum atomic E-state index is -2.09. The fourth-order valence-corrected chi connectivity index (χ4v) is 1.75. The molecule has 0 fully saturated rings. The molecule has 2 aromatic rings. The third kappa shape index (κ3) is 1.12. The molecule has 1 aromatic carbocycles. The van der Waals surface area contributed by atoms with Gasteiger partial charge in [-0.15, -0.1) is 0 Å². The summed E-state index contributed by atoms with van der Waals surface area (Å²) in [6, 6.07) is 5.21. The number of benzene rings is 1. The number of aromatic nitrogens is 1. The number of aryl methyl sites for hydroxylation is 1. The Labute approximate surface area is 83.8 Å². The number of fused-ring (bicyclic) bond motifs is 1. The normalized spacial score (nSPS) is 15.2. The highest BCUT2D eigenvalue weighted by Crippen LogP contribution is 2.25. The second kappa shape index (κ2) is 2.87. The van der Waals surface area contributed by atoms with Crippen molar-refractivity contribution < 1.29 is 4.11 Å². The first-order valence-electron chi connectivity index (χ1n) is 5.03. The van der Waals surface area contributed by atoms with Crippen molar-refractivity contribution >= 4 is 26.7 Å². The van der Waals surface area contributed by atoms with Gasteiger partial charge in [-0.25, -0.2) is 0 Å². The molecule has 0 unspecified atom stereocenters. The fraction of sp³-hybridized carbons (Fsp3) is 0.100. The molecule has 60 valence electrons. The van der Waals surface area contributed by atoms with Crippen LogP contribution in [-0.2, 0) is 0 Å². The zero-order chi connectivity index (χ0) is 11.1. The Hall–Kier alpha value is -0.890. The van der Waals surface area contributed by atoms with Crippen LogP contribution in [0.15, 0.2) is 35.1 Å². The summed E-state index contributed by atoms with van der Waals surface area (Å²) in [7, 11) is 0. The zero-order valence-electron chi connectivity index (χ0n) is 9.21. The molecule has 0 radical (unpaired) electrons. The van der Waals surface area contributed by atoms with Crippen LogP contribution in [0, 0.1) is 6.85 Å². The molecule has 1 aromatic heterocycles. The first-order valence-corrected chi connectivity index (χ1v) is 4.32. The number of nitrogens with zero attached hydrogens (tertiary/aromatic N) is 1. The van der Waals surface area contributed by atoms with Crippen LogP contribution in [0.4, 0.5) is 0 Å². The van der Waals surface area contributed by atoms with Crippen LogP contribution in [0.25, 0.3) is 10.8 Å². The number of rotatable bonds is 0. The van der Waals surface area contributed by atoms with Crippen LogP contribution >= 0.6 is 15.9 Å². The minimum absolute atomic E-state index is 0.356. The lowest BCUT2D eigenvalue weighted by molar-refractivity contribution is 1.34.